The minimum absolute atomic E-state index is 0.252. The van der Waals surface area contributed by atoms with Gasteiger partial charge in [0, 0.05) is 42.7 Å². The Balaban J connectivity index is 2.02. The van der Waals surface area contributed by atoms with E-state index in [0.29, 0.717) is 11.5 Å². The van der Waals surface area contributed by atoms with Gasteiger partial charge in [0.25, 0.3) is 0 Å². The number of guanidine groups is 1. The molecule has 1 aromatic rings. The summed E-state index contributed by atoms with van der Waals surface area (Å²) in [5.41, 5.74) is 1.07. The van der Waals surface area contributed by atoms with E-state index < -0.39 is 0 Å². The van der Waals surface area contributed by atoms with Crippen LogP contribution in [-0.2, 0) is 6.42 Å². The summed E-state index contributed by atoms with van der Waals surface area (Å²) < 4.78 is 16.6. The normalized spacial score (nSPS) is 17.0. The van der Waals surface area contributed by atoms with Gasteiger partial charge in [-0.25, -0.2) is 0 Å². The minimum Gasteiger partial charge on any atom is -0.493 e. The standard InChI is InChI=1S/C19H31N3O3S/c1-19(2)13-22(11-12-26-19)18(20-3)21-10-9-14-7-8-15(23-4)17(25-6)16(14)24-5/h7-8H,9-13H2,1-6H3,(H,20,21). The fraction of sp³-hybridized carbons (Fsp3) is 0.632. The lowest BCUT2D eigenvalue weighted by Gasteiger charge is -2.39. The highest BCUT2D eigenvalue weighted by Gasteiger charge is 2.28. The molecule has 0 radical (unpaired) electrons. The predicted octanol–water partition coefficient (Wildman–Crippen LogP) is 2.66. The van der Waals surface area contributed by atoms with E-state index in [1.54, 1.807) is 21.3 Å². The fourth-order valence-corrected chi connectivity index (χ4v) is 4.31. The van der Waals surface area contributed by atoms with Crippen molar-refractivity contribution in [1.29, 1.82) is 0 Å². The number of ether oxygens (including phenoxy) is 3. The summed E-state index contributed by atoms with van der Waals surface area (Å²) in [6.07, 6.45) is 0.800. The summed E-state index contributed by atoms with van der Waals surface area (Å²) in [5, 5.41) is 3.48. The second-order valence-electron chi connectivity index (χ2n) is 6.75. The third kappa shape index (κ3) is 4.90. The average molecular weight is 382 g/mol. The highest BCUT2D eigenvalue weighted by atomic mass is 32.2. The molecule has 1 saturated heterocycles. The molecule has 1 fully saturated rings. The second kappa shape index (κ2) is 9.26. The molecule has 0 spiro atoms. The van der Waals surface area contributed by atoms with E-state index in [1.807, 2.05) is 30.9 Å². The Hall–Kier alpha value is -1.76. The van der Waals surface area contributed by atoms with E-state index in [9.17, 15) is 0 Å². The fourth-order valence-electron chi connectivity index (χ4n) is 3.20. The summed E-state index contributed by atoms with van der Waals surface area (Å²) in [6.45, 7) is 7.35. The SMILES string of the molecule is CN=C(NCCc1ccc(OC)c(OC)c1OC)N1CCSC(C)(C)C1. The number of aliphatic imine (C=N–C) groups is 1. The molecule has 0 amide bonds. The zero-order chi connectivity index (χ0) is 19.2. The van der Waals surface area contributed by atoms with Crippen LogP contribution in [0.4, 0.5) is 0 Å². The molecule has 7 heteroatoms. The number of rotatable bonds is 6. The number of methoxy groups -OCH3 is 3. The molecular formula is C19H31N3O3S. The van der Waals surface area contributed by atoms with Crippen molar-refractivity contribution in [3.8, 4) is 17.2 Å². The Bertz CT molecular complexity index is 635. The Morgan fingerprint density at radius 3 is 2.50 bits per heavy atom. The molecule has 0 atom stereocenters. The van der Waals surface area contributed by atoms with E-state index in [-0.39, 0.29) is 4.75 Å². The lowest BCUT2D eigenvalue weighted by molar-refractivity contribution is 0.322. The van der Waals surface area contributed by atoms with Gasteiger partial charge in [0.2, 0.25) is 5.75 Å². The molecule has 0 saturated carbocycles. The molecule has 1 aliphatic rings. The van der Waals surface area contributed by atoms with Gasteiger partial charge in [-0.1, -0.05) is 6.07 Å². The Kier molecular flexibility index (Phi) is 7.32. The van der Waals surface area contributed by atoms with Gasteiger partial charge in [0.05, 0.1) is 21.3 Å². The number of thioether (sulfide) groups is 1. The van der Waals surface area contributed by atoms with Crippen LogP contribution in [0.2, 0.25) is 0 Å². The molecule has 26 heavy (non-hydrogen) atoms. The first kappa shape index (κ1) is 20.6. The summed E-state index contributed by atoms with van der Waals surface area (Å²) in [6, 6.07) is 3.93. The van der Waals surface area contributed by atoms with Crippen molar-refractivity contribution in [1.82, 2.24) is 10.2 Å². The first-order valence-corrected chi connectivity index (χ1v) is 9.81. The summed E-state index contributed by atoms with van der Waals surface area (Å²) in [7, 11) is 6.75. The quantitative estimate of drug-likeness (QED) is 0.604. The Labute approximate surface area is 161 Å². The molecule has 1 N–H and O–H groups in total. The van der Waals surface area contributed by atoms with E-state index >= 15 is 0 Å². The smallest absolute Gasteiger partial charge is 0.203 e. The largest absolute Gasteiger partial charge is 0.493 e. The van der Waals surface area contributed by atoms with Crippen LogP contribution in [0.5, 0.6) is 17.2 Å². The van der Waals surface area contributed by atoms with E-state index in [2.05, 4.69) is 29.1 Å². The molecule has 1 aromatic carbocycles. The maximum absolute atomic E-state index is 5.56. The molecule has 0 unspecified atom stereocenters. The van der Waals surface area contributed by atoms with Crippen molar-refractivity contribution < 1.29 is 14.2 Å². The summed E-state index contributed by atoms with van der Waals surface area (Å²) >= 11 is 2.02. The molecular weight excluding hydrogens is 350 g/mol. The first-order chi connectivity index (χ1) is 12.5. The maximum atomic E-state index is 5.56. The number of hydrogen-bond donors (Lipinski definition) is 1. The van der Waals surface area contributed by atoms with Gasteiger partial charge >= 0.3 is 0 Å². The molecule has 6 nitrogen and oxygen atoms in total. The topological polar surface area (TPSA) is 55.3 Å². The van der Waals surface area contributed by atoms with Crippen LogP contribution in [-0.4, -0.2) is 69.4 Å². The van der Waals surface area contributed by atoms with Crippen LogP contribution < -0.4 is 19.5 Å². The molecule has 0 bridgehead atoms. The summed E-state index contributed by atoms with van der Waals surface area (Å²) in [4.78, 5) is 6.79. The van der Waals surface area contributed by atoms with Crippen LogP contribution in [0.1, 0.15) is 19.4 Å². The van der Waals surface area contributed by atoms with Gasteiger partial charge in [0.1, 0.15) is 0 Å². The molecule has 0 aliphatic carbocycles. The number of nitrogens with one attached hydrogen (secondary N) is 1. The van der Waals surface area contributed by atoms with Gasteiger partial charge in [-0.3, -0.25) is 4.99 Å². The van der Waals surface area contributed by atoms with Crippen LogP contribution in [0.3, 0.4) is 0 Å². The first-order valence-electron chi connectivity index (χ1n) is 8.83. The van der Waals surface area contributed by atoms with Gasteiger partial charge in [-0.15, -0.1) is 0 Å². The van der Waals surface area contributed by atoms with Gasteiger partial charge < -0.3 is 24.4 Å². The van der Waals surface area contributed by atoms with Crippen LogP contribution in [0.25, 0.3) is 0 Å². The average Bonchev–Trinajstić information content (AvgIpc) is 2.63. The van der Waals surface area contributed by atoms with Crippen molar-refractivity contribution in [3.05, 3.63) is 17.7 Å². The predicted molar refractivity (Wildman–Crippen MR) is 109 cm³/mol. The molecule has 2 rings (SSSR count). The third-order valence-electron chi connectivity index (χ3n) is 4.40. The monoisotopic (exact) mass is 381 g/mol. The van der Waals surface area contributed by atoms with Crippen molar-refractivity contribution in [2.75, 3.05) is 53.8 Å². The molecule has 0 aromatic heterocycles. The third-order valence-corrected chi connectivity index (χ3v) is 5.70. The molecule has 1 aliphatic heterocycles. The van der Waals surface area contributed by atoms with E-state index in [0.717, 1.165) is 49.1 Å². The zero-order valence-electron chi connectivity index (χ0n) is 16.7. The lowest BCUT2D eigenvalue weighted by Crippen LogP contribution is -2.51. The van der Waals surface area contributed by atoms with Crippen molar-refractivity contribution >= 4 is 17.7 Å². The zero-order valence-corrected chi connectivity index (χ0v) is 17.5. The van der Waals surface area contributed by atoms with E-state index in [1.165, 1.54) is 0 Å². The Morgan fingerprint density at radius 1 is 1.19 bits per heavy atom. The van der Waals surface area contributed by atoms with Crippen LogP contribution in [0, 0.1) is 0 Å². The highest BCUT2D eigenvalue weighted by molar-refractivity contribution is 8.00. The summed E-state index contributed by atoms with van der Waals surface area (Å²) in [5.74, 6) is 4.10. The number of nitrogens with zero attached hydrogens (tertiary/aromatic N) is 2. The van der Waals surface area contributed by atoms with E-state index in [4.69, 9.17) is 14.2 Å². The molecule has 1 heterocycles. The van der Waals surface area contributed by atoms with Crippen LogP contribution >= 0.6 is 11.8 Å². The maximum Gasteiger partial charge on any atom is 0.203 e. The van der Waals surface area contributed by atoms with Crippen molar-refractivity contribution in [2.24, 2.45) is 4.99 Å². The Morgan fingerprint density at radius 2 is 1.92 bits per heavy atom. The van der Waals surface area contributed by atoms with Crippen LogP contribution in [0.15, 0.2) is 17.1 Å². The van der Waals surface area contributed by atoms with Gasteiger partial charge in [-0.05, 0) is 26.3 Å². The molecule has 146 valence electrons. The number of hydrogen-bond acceptors (Lipinski definition) is 5. The van der Waals surface area contributed by atoms with Crippen molar-refractivity contribution in [3.63, 3.8) is 0 Å². The lowest BCUT2D eigenvalue weighted by atomic mass is 10.1. The number of benzene rings is 1. The van der Waals surface area contributed by atoms with Gasteiger partial charge in [0.15, 0.2) is 17.5 Å². The van der Waals surface area contributed by atoms with Gasteiger partial charge in [-0.2, -0.15) is 11.8 Å². The van der Waals surface area contributed by atoms with Crippen molar-refractivity contribution in [2.45, 2.75) is 25.0 Å². The second-order valence-corrected chi connectivity index (χ2v) is 8.55. The minimum atomic E-state index is 0.252. The highest BCUT2D eigenvalue weighted by Crippen LogP contribution is 2.39.